The third kappa shape index (κ3) is 3.74. The molecule has 0 spiro atoms. The smallest absolute Gasteiger partial charge is 0.0412 e. The zero-order valence-corrected chi connectivity index (χ0v) is 13.4. The Morgan fingerprint density at radius 1 is 1.28 bits per heavy atom. The largest absolute Gasteiger partial charge is 0.149 e. The SMILES string of the molecule is CC(C)(C)C1CCC(C(Cl)Cc2cccs2)CC1. The second-order valence-electron chi connectivity index (χ2n) is 6.78. The molecule has 0 N–H and O–H groups in total. The summed E-state index contributed by atoms with van der Waals surface area (Å²) in [5, 5.41) is 2.49. The molecule has 0 aromatic carbocycles. The van der Waals surface area contributed by atoms with E-state index in [1.54, 1.807) is 0 Å². The summed E-state index contributed by atoms with van der Waals surface area (Å²) in [7, 11) is 0. The van der Waals surface area contributed by atoms with Crippen molar-refractivity contribution in [2.75, 3.05) is 0 Å². The molecular weight excluding hydrogens is 260 g/mol. The highest BCUT2D eigenvalue weighted by molar-refractivity contribution is 7.09. The molecule has 0 aliphatic heterocycles. The maximum Gasteiger partial charge on any atom is 0.0412 e. The molecule has 18 heavy (non-hydrogen) atoms. The summed E-state index contributed by atoms with van der Waals surface area (Å²) in [5.41, 5.74) is 0.473. The predicted molar refractivity (Wildman–Crippen MR) is 82.6 cm³/mol. The van der Waals surface area contributed by atoms with Crippen LogP contribution in [0.15, 0.2) is 17.5 Å². The van der Waals surface area contributed by atoms with Crippen LogP contribution in [0, 0.1) is 17.3 Å². The van der Waals surface area contributed by atoms with Crippen molar-refractivity contribution in [3.63, 3.8) is 0 Å². The van der Waals surface area contributed by atoms with Crippen molar-refractivity contribution in [2.45, 2.75) is 58.3 Å². The maximum absolute atomic E-state index is 6.62. The quantitative estimate of drug-likeness (QED) is 0.620. The molecule has 1 atom stereocenters. The second kappa shape index (κ2) is 5.96. The molecule has 1 aliphatic carbocycles. The topological polar surface area (TPSA) is 0 Å². The first-order valence-corrected chi connectivity index (χ1v) is 8.45. The molecule has 0 radical (unpaired) electrons. The summed E-state index contributed by atoms with van der Waals surface area (Å²) in [6.07, 6.45) is 6.43. The van der Waals surface area contributed by atoms with Crippen molar-refractivity contribution in [3.8, 4) is 0 Å². The summed E-state index contributed by atoms with van der Waals surface area (Å²) in [5.74, 6) is 1.62. The first kappa shape index (κ1) is 14.4. The molecule has 2 heteroatoms. The predicted octanol–water partition coefficient (Wildman–Crippen LogP) is 5.75. The Morgan fingerprint density at radius 3 is 2.44 bits per heavy atom. The van der Waals surface area contributed by atoms with E-state index in [1.807, 2.05) is 11.3 Å². The van der Waals surface area contributed by atoms with Gasteiger partial charge in [0.25, 0.3) is 0 Å². The third-order valence-electron chi connectivity index (χ3n) is 4.48. The fraction of sp³-hybridized carbons (Fsp3) is 0.750. The van der Waals surface area contributed by atoms with Gasteiger partial charge in [-0.3, -0.25) is 0 Å². The Labute approximate surface area is 121 Å². The van der Waals surface area contributed by atoms with Gasteiger partial charge in [0.2, 0.25) is 0 Å². The molecule has 0 nitrogen and oxygen atoms in total. The van der Waals surface area contributed by atoms with Crippen molar-refractivity contribution >= 4 is 22.9 Å². The van der Waals surface area contributed by atoms with Crippen molar-refractivity contribution in [1.82, 2.24) is 0 Å². The van der Waals surface area contributed by atoms with Crippen molar-refractivity contribution in [2.24, 2.45) is 17.3 Å². The molecule has 1 aromatic rings. The minimum Gasteiger partial charge on any atom is -0.149 e. The van der Waals surface area contributed by atoms with Crippen LogP contribution < -0.4 is 0 Å². The van der Waals surface area contributed by atoms with Crippen molar-refractivity contribution in [3.05, 3.63) is 22.4 Å². The van der Waals surface area contributed by atoms with Gasteiger partial charge in [0.1, 0.15) is 0 Å². The van der Waals surface area contributed by atoms with Crippen LogP contribution >= 0.6 is 22.9 Å². The minimum absolute atomic E-state index is 0.338. The number of hydrogen-bond acceptors (Lipinski definition) is 1. The van der Waals surface area contributed by atoms with E-state index in [1.165, 1.54) is 30.6 Å². The van der Waals surface area contributed by atoms with Gasteiger partial charge < -0.3 is 0 Å². The van der Waals surface area contributed by atoms with E-state index >= 15 is 0 Å². The lowest BCUT2D eigenvalue weighted by atomic mass is 9.69. The molecule has 1 heterocycles. The molecule has 0 amide bonds. The van der Waals surface area contributed by atoms with Crippen LogP contribution in [-0.4, -0.2) is 5.38 Å². The fourth-order valence-corrected chi connectivity index (χ4v) is 4.41. The summed E-state index contributed by atoms with van der Waals surface area (Å²) in [6, 6.07) is 4.33. The maximum atomic E-state index is 6.62. The highest BCUT2D eigenvalue weighted by atomic mass is 35.5. The molecule has 0 saturated heterocycles. The standard InChI is InChI=1S/C16H25ClS/c1-16(2,3)13-8-6-12(7-9-13)15(17)11-14-5-4-10-18-14/h4-5,10,12-13,15H,6-9,11H2,1-3H3. The Balaban J connectivity index is 1.82. The summed E-state index contributed by atoms with van der Waals surface area (Å²) >= 11 is 8.46. The number of thiophene rings is 1. The Bertz CT molecular complexity index is 342. The fourth-order valence-electron chi connectivity index (χ4n) is 3.13. The van der Waals surface area contributed by atoms with E-state index in [9.17, 15) is 0 Å². The van der Waals surface area contributed by atoms with Crippen molar-refractivity contribution in [1.29, 1.82) is 0 Å². The Hall–Kier alpha value is -0.0100. The van der Waals surface area contributed by atoms with E-state index in [0.717, 1.165) is 18.3 Å². The Morgan fingerprint density at radius 2 is 1.94 bits per heavy atom. The number of alkyl halides is 1. The van der Waals surface area contributed by atoms with Crippen molar-refractivity contribution < 1.29 is 0 Å². The van der Waals surface area contributed by atoms with Gasteiger partial charge in [-0.2, -0.15) is 0 Å². The lowest BCUT2D eigenvalue weighted by Gasteiger charge is -2.38. The average Bonchev–Trinajstić information content (AvgIpc) is 2.81. The first-order valence-electron chi connectivity index (χ1n) is 7.13. The number of halogens is 1. The first-order chi connectivity index (χ1) is 8.47. The summed E-state index contributed by atoms with van der Waals surface area (Å²) in [4.78, 5) is 1.44. The molecule has 1 fully saturated rings. The zero-order chi connectivity index (χ0) is 13.2. The lowest BCUT2D eigenvalue weighted by molar-refractivity contribution is 0.148. The van der Waals surface area contributed by atoms with Crippen LogP contribution in [0.25, 0.3) is 0 Å². The van der Waals surface area contributed by atoms with Gasteiger partial charge in [0, 0.05) is 10.3 Å². The Kier molecular flexibility index (Phi) is 4.77. The second-order valence-corrected chi connectivity index (χ2v) is 8.37. The highest BCUT2D eigenvalue weighted by Gasteiger charge is 2.32. The summed E-state index contributed by atoms with van der Waals surface area (Å²) < 4.78 is 0. The normalized spacial score (nSPS) is 27.1. The van der Waals surface area contributed by atoms with E-state index in [2.05, 4.69) is 38.3 Å². The molecule has 1 unspecified atom stereocenters. The minimum atomic E-state index is 0.338. The molecule has 0 bridgehead atoms. The van der Waals surface area contributed by atoms with Gasteiger partial charge in [-0.15, -0.1) is 22.9 Å². The molecule has 1 aliphatic rings. The van der Waals surface area contributed by atoms with Crippen LogP contribution in [0.5, 0.6) is 0 Å². The van der Waals surface area contributed by atoms with E-state index in [0.29, 0.717) is 10.8 Å². The van der Waals surface area contributed by atoms with E-state index in [-0.39, 0.29) is 0 Å². The van der Waals surface area contributed by atoms with Gasteiger partial charge in [-0.1, -0.05) is 26.8 Å². The van der Waals surface area contributed by atoms with Crippen LogP contribution in [0.4, 0.5) is 0 Å². The molecule has 102 valence electrons. The number of hydrogen-bond donors (Lipinski definition) is 0. The lowest BCUT2D eigenvalue weighted by Crippen LogP contribution is -2.29. The van der Waals surface area contributed by atoms with Crippen LogP contribution in [-0.2, 0) is 6.42 Å². The third-order valence-corrected chi connectivity index (χ3v) is 5.89. The number of rotatable bonds is 3. The van der Waals surface area contributed by atoms with Crippen LogP contribution in [0.1, 0.15) is 51.3 Å². The van der Waals surface area contributed by atoms with E-state index in [4.69, 9.17) is 11.6 Å². The van der Waals surface area contributed by atoms with Crippen LogP contribution in [0.2, 0.25) is 0 Å². The monoisotopic (exact) mass is 284 g/mol. The van der Waals surface area contributed by atoms with Gasteiger partial charge in [-0.05, 0) is 60.8 Å². The van der Waals surface area contributed by atoms with E-state index < -0.39 is 0 Å². The molecule has 1 aromatic heterocycles. The van der Waals surface area contributed by atoms with Gasteiger partial charge in [0.05, 0.1) is 0 Å². The zero-order valence-electron chi connectivity index (χ0n) is 11.8. The molecule has 1 saturated carbocycles. The highest BCUT2D eigenvalue weighted by Crippen LogP contribution is 2.42. The average molecular weight is 285 g/mol. The van der Waals surface area contributed by atoms with Gasteiger partial charge in [0.15, 0.2) is 0 Å². The summed E-state index contributed by atoms with van der Waals surface area (Å²) in [6.45, 7) is 7.13. The van der Waals surface area contributed by atoms with Gasteiger partial charge >= 0.3 is 0 Å². The molecular formula is C16H25ClS. The van der Waals surface area contributed by atoms with Crippen LogP contribution in [0.3, 0.4) is 0 Å². The van der Waals surface area contributed by atoms with Gasteiger partial charge in [-0.25, -0.2) is 0 Å². The molecule has 2 rings (SSSR count).